The van der Waals surface area contributed by atoms with E-state index in [0.717, 1.165) is 11.3 Å². The predicted molar refractivity (Wildman–Crippen MR) is 87.8 cm³/mol. The van der Waals surface area contributed by atoms with E-state index in [1.54, 1.807) is 7.05 Å². The van der Waals surface area contributed by atoms with E-state index in [2.05, 4.69) is 15.5 Å². The van der Waals surface area contributed by atoms with Crippen LogP contribution in [0.4, 0.5) is 4.79 Å². The Bertz CT molecular complexity index is 826. The molecule has 0 aromatic heterocycles. The van der Waals surface area contributed by atoms with Crippen LogP contribution in [-0.4, -0.2) is 63.5 Å². The first kappa shape index (κ1) is 14.6. The van der Waals surface area contributed by atoms with Crippen molar-refractivity contribution in [2.24, 2.45) is 10.1 Å². The lowest BCUT2D eigenvalue weighted by atomic mass is 10.1. The number of carbonyl (C=O) groups is 2. The monoisotopic (exact) mass is 325 g/mol. The third kappa shape index (κ3) is 2.10. The Balaban J connectivity index is 1.68. The number of hydrazone groups is 1. The number of amides is 3. The Hall–Kier alpha value is -3.03. The first-order valence-corrected chi connectivity index (χ1v) is 7.70. The third-order valence-corrected chi connectivity index (χ3v) is 4.34. The van der Waals surface area contributed by atoms with Crippen molar-refractivity contribution in [1.82, 2.24) is 15.2 Å². The molecule has 24 heavy (non-hydrogen) atoms. The predicted octanol–water partition coefficient (Wildman–Crippen LogP) is 0.209. The van der Waals surface area contributed by atoms with Gasteiger partial charge in [0.15, 0.2) is 0 Å². The normalized spacial score (nSPS) is 22.8. The van der Waals surface area contributed by atoms with Crippen molar-refractivity contribution in [2.75, 3.05) is 13.6 Å². The molecule has 1 unspecified atom stereocenters. The van der Waals surface area contributed by atoms with Crippen LogP contribution in [0.5, 0.6) is 0 Å². The number of amidine groups is 1. The van der Waals surface area contributed by atoms with Gasteiger partial charge in [0.1, 0.15) is 6.54 Å². The molecule has 0 spiro atoms. The van der Waals surface area contributed by atoms with Crippen molar-refractivity contribution in [2.45, 2.75) is 19.5 Å². The molecule has 3 amide bonds. The fourth-order valence-electron chi connectivity index (χ4n) is 3.11. The number of likely N-dealkylation sites (N-methyl/N-ethyl adjacent to an activating group) is 1. The molecule has 8 heteroatoms. The molecule has 1 saturated heterocycles. The highest BCUT2D eigenvalue weighted by molar-refractivity contribution is 6.23. The van der Waals surface area contributed by atoms with Gasteiger partial charge in [-0.25, -0.2) is 9.37 Å². The van der Waals surface area contributed by atoms with E-state index >= 15 is 0 Å². The van der Waals surface area contributed by atoms with Gasteiger partial charge in [0, 0.05) is 7.05 Å². The summed E-state index contributed by atoms with van der Waals surface area (Å²) < 4.78 is 1.85. The lowest BCUT2D eigenvalue weighted by molar-refractivity contribution is -0.524. The van der Waals surface area contributed by atoms with Crippen molar-refractivity contribution < 1.29 is 14.2 Å². The van der Waals surface area contributed by atoms with Gasteiger partial charge in [0.2, 0.25) is 11.9 Å². The summed E-state index contributed by atoms with van der Waals surface area (Å²) in [7, 11) is 1.64. The number of nitrogens with one attached hydrogen (secondary N) is 1. The molecule has 1 atom stereocenters. The highest BCUT2D eigenvalue weighted by Gasteiger charge is 2.53. The second-order valence-electron chi connectivity index (χ2n) is 6.03. The SMILES string of the molecule is CC1=NNC2=[N+](C1)C1C(=O)N(Cc3ccccc3)C(=O)N(C)C1=N2. The molecule has 0 aliphatic carbocycles. The summed E-state index contributed by atoms with van der Waals surface area (Å²) in [6.07, 6.45) is 0. The first-order chi connectivity index (χ1) is 11.6. The molecule has 3 aliphatic heterocycles. The molecule has 3 heterocycles. The standard InChI is InChI=1S/C16H16N6O2/c1-10-8-21-12-13(17-15(21)19-18-10)20(2)16(24)22(14(12)23)9-11-6-4-3-5-7-11/h3-7,12H,8-9H2,1-2H3/p+1. The molecular formula is C16H17N6O2+. The number of nitrogens with zero attached hydrogens (tertiary/aromatic N) is 5. The quantitative estimate of drug-likeness (QED) is 0.789. The van der Waals surface area contributed by atoms with Gasteiger partial charge in [-0.05, 0) is 12.5 Å². The van der Waals surface area contributed by atoms with Gasteiger partial charge in [-0.2, -0.15) is 5.43 Å². The van der Waals surface area contributed by atoms with E-state index in [0.29, 0.717) is 18.3 Å². The Morgan fingerprint density at radius 1 is 1.29 bits per heavy atom. The molecular weight excluding hydrogens is 308 g/mol. The number of benzene rings is 1. The maximum Gasteiger partial charge on any atom is 0.414 e. The van der Waals surface area contributed by atoms with Crippen molar-refractivity contribution in [1.29, 1.82) is 0 Å². The Kier molecular flexibility index (Phi) is 3.19. The molecule has 1 N–H and O–H groups in total. The molecule has 0 radical (unpaired) electrons. The first-order valence-electron chi connectivity index (χ1n) is 7.70. The molecule has 4 rings (SSSR count). The van der Waals surface area contributed by atoms with Gasteiger partial charge in [0.25, 0.3) is 5.91 Å². The number of urea groups is 1. The van der Waals surface area contributed by atoms with Gasteiger partial charge < -0.3 is 0 Å². The lowest BCUT2D eigenvalue weighted by Crippen LogP contribution is -2.63. The van der Waals surface area contributed by atoms with E-state index in [-0.39, 0.29) is 18.5 Å². The minimum Gasteiger partial charge on any atom is -0.270 e. The molecule has 8 nitrogen and oxygen atoms in total. The number of guanidine groups is 1. The summed E-state index contributed by atoms with van der Waals surface area (Å²) in [6.45, 7) is 2.63. The number of hydrogen-bond acceptors (Lipinski definition) is 5. The van der Waals surface area contributed by atoms with Crippen LogP contribution in [0.1, 0.15) is 12.5 Å². The summed E-state index contributed by atoms with van der Waals surface area (Å²) >= 11 is 0. The molecule has 0 saturated carbocycles. The van der Waals surface area contributed by atoms with Crippen molar-refractivity contribution in [3.05, 3.63) is 35.9 Å². The molecule has 1 aromatic rings. The fourth-order valence-corrected chi connectivity index (χ4v) is 3.11. The molecule has 3 aliphatic rings. The largest absolute Gasteiger partial charge is 0.414 e. The summed E-state index contributed by atoms with van der Waals surface area (Å²) in [4.78, 5) is 32.7. The van der Waals surface area contributed by atoms with Crippen LogP contribution in [0, 0.1) is 0 Å². The summed E-state index contributed by atoms with van der Waals surface area (Å²) in [6, 6.07) is 8.52. The van der Waals surface area contributed by atoms with Crippen LogP contribution < -0.4 is 5.43 Å². The Morgan fingerprint density at radius 2 is 2.04 bits per heavy atom. The number of hydrogen-bond donors (Lipinski definition) is 1. The number of carbonyl (C=O) groups excluding carboxylic acids is 2. The zero-order chi connectivity index (χ0) is 16.8. The van der Waals surface area contributed by atoms with E-state index in [1.165, 1.54) is 9.80 Å². The average Bonchev–Trinajstić information content (AvgIpc) is 2.96. The van der Waals surface area contributed by atoms with Crippen molar-refractivity contribution in [3.8, 4) is 0 Å². The number of aliphatic imine (C=N–C) groups is 1. The minimum atomic E-state index is -0.593. The smallest absolute Gasteiger partial charge is 0.270 e. The van der Waals surface area contributed by atoms with Crippen molar-refractivity contribution in [3.63, 3.8) is 0 Å². The van der Waals surface area contributed by atoms with Crippen molar-refractivity contribution >= 4 is 29.4 Å². The Morgan fingerprint density at radius 3 is 2.79 bits per heavy atom. The molecule has 0 bridgehead atoms. The molecule has 122 valence electrons. The number of imide groups is 1. The highest BCUT2D eigenvalue weighted by atomic mass is 16.2. The van der Waals surface area contributed by atoms with Crippen LogP contribution in [0.25, 0.3) is 0 Å². The third-order valence-electron chi connectivity index (χ3n) is 4.34. The minimum absolute atomic E-state index is 0.246. The maximum absolute atomic E-state index is 13.0. The number of fused-ring (bicyclic) bond motifs is 2. The topological polar surface area (TPSA) is 80.4 Å². The van der Waals surface area contributed by atoms with Crippen LogP contribution in [0.15, 0.2) is 40.4 Å². The van der Waals surface area contributed by atoms with Gasteiger partial charge in [-0.1, -0.05) is 35.3 Å². The molecule has 1 aromatic carbocycles. The second-order valence-corrected chi connectivity index (χ2v) is 6.03. The maximum atomic E-state index is 13.0. The zero-order valence-corrected chi connectivity index (χ0v) is 13.4. The summed E-state index contributed by atoms with van der Waals surface area (Å²) in [5, 5.41) is 4.14. The van der Waals surface area contributed by atoms with Crippen LogP contribution in [0.2, 0.25) is 0 Å². The lowest BCUT2D eigenvalue weighted by Gasteiger charge is -2.34. The summed E-state index contributed by atoms with van der Waals surface area (Å²) in [5.41, 5.74) is 4.61. The van der Waals surface area contributed by atoms with Crippen LogP contribution in [0.3, 0.4) is 0 Å². The van der Waals surface area contributed by atoms with E-state index < -0.39 is 6.04 Å². The van der Waals surface area contributed by atoms with E-state index in [4.69, 9.17) is 0 Å². The van der Waals surface area contributed by atoms with Gasteiger partial charge >= 0.3 is 12.0 Å². The zero-order valence-electron chi connectivity index (χ0n) is 13.4. The summed E-state index contributed by atoms with van der Waals surface area (Å²) in [5.74, 6) is 0.698. The number of rotatable bonds is 2. The highest BCUT2D eigenvalue weighted by Crippen LogP contribution is 2.22. The average molecular weight is 325 g/mol. The van der Waals surface area contributed by atoms with Gasteiger partial charge in [0.05, 0.1) is 12.3 Å². The van der Waals surface area contributed by atoms with Crippen LogP contribution in [-0.2, 0) is 11.3 Å². The van der Waals surface area contributed by atoms with E-state index in [1.807, 2.05) is 41.8 Å². The Labute approximate surface area is 138 Å². The molecule has 1 fully saturated rings. The van der Waals surface area contributed by atoms with E-state index in [9.17, 15) is 9.59 Å². The fraction of sp³-hybridized carbons (Fsp3) is 0.312. The van der Waals surface area contributed by atoms with Gasteiger partial charge in [-0.15, -0.1) is 5.10 Å². The second kappa shape index (κ2) is 5.26. The van der Waals surface area contributed by atoms with Crippen LogP contribution >= 0.6 is 0 Å². The van der Waals surface area contributed by atoms with Gasteiger partial charge in [-0.3, -0.25) is 14.6 Å².